The van der Waals surface area contributed by atoms with Crippen molar-refractivity contribution in [2.45, 2.75) is 13.3 Å². The van der Waals surface area contributed by atoms with Gasteiger partial charge in [-0.15, -0.1) is 0 Å². The molecular formula is C23H28N3O3S+. The van der Waals surface area contributed by atoms with Gasteiger partial charge in [-0.25, -0.2) is 4.98 Å². The standard InChI is InChI=1S/C23H27N3O3S/c1-17-5-3-6-20-21(17)24-23(30-20)26(12-4-11-25-13-15-29-16-14-25)22(27)18-7-9-19(28-2)10-8-18/h3,5-10H,4,11-16H2,1-2H3/p+1. The van der Waals surface area contributed by atoms with Gasteiger partial charge >= 0.3 is 0 Å². The van der Waals surface area contributed by atoms with Crippen LogP contribution in [0, 0.1) is 6.92 Å². The second kappa shape index (κ2) is 9.55. The fourth-order valence-corrected chi connectivity index (χ4v) is 4.83. The van der Waals surface area contributed by atoms with Crippen LogP contribution >= 0.6 is 11.3 Å². The summed E-state index contributed by atoms with van der Waals surface area (Å²) in [5.41, 5.74) is 2.75. The first-order valence-electron chi connectivity index (χ1n) is 10.4. The molecule has 0 saturated carbocycles. The first-order chi connectivity index (χ1) is 14.7. The molecule has 0 bridgehead atoms. The highest BCUT2D eigenvalue weighted by atomic mass is 32.1. The number of anilines is 1. The van der Waals surface area contributed by atoms with Crippen molar-refractivity contribution in [3.05, 3.63) is 53.6 Å². The number of thiazole rings is 1. The van der Waals surface area contributed by atoms with E-state index in [4.69, 9.17) is 14.5 Å². The molecule has 1 aliphatic heterocycles. The highest BCUT2D eigenvalue weighted by Crippen LogP contribution is 2.31. The summed E-state index contributed by atoms with van der Waals surface area (Å²) in [4.78, 5) is 21.6. The van der Waals surface area contributed by atoms with Crippen LogP contribution in [0.1, 0.15) is 22.3 Å². The van der Waals surface area contributed by atoms with Crippen molar-refractivity contribution in [1.29, 1.82) is 0 Å². The third-order valence-corrected chi connectivity index (χ3v) is 6.58. The van der Waals surface area contributed by atoms with E-state index in [-0.39, 0.29) is 5.91 Å². The van der Waals surface area contributed by atoms with Crippen LogP contribution in [0.25, 0.3) is 10.2 Å². The number of amides is 1. The number of carbonyl (C=O) groups is 1. The lowest BCUT2D eigenvalue weighted by atomic mass is 10.2. The summed E-state index contributed by atoms with van der Waals surface area (Å²) in [7, 11) is 1.63. The van der Waals surface area contributed by atoms with Crippen LogP contribution < -0.4 is 14.5 Å². The van der Waals surface area contributed by atoms with Gasteiger partial charge in [-0.2, -0.15) is 0 Å². The molecule has 1 saturated heterocycles. The van der Waals surface area contributed by atoms with Crippen molar-refractivity contribution < 1.29 is 19.2 Å². The van der Waals surface area contributed by atoms with Gasteiger partial charge in [0.1, 0.15) is 18.8 Å². The van der Waals surface area contributed by atoms with Crippen molar-refractivity contribution in [3.63, 3.8) is 0 Å². The number of ether oxygens (including phenoxy) is 2. The molecule has 0 radical (unpaired) electrons. The molecule has 1 aromatic heterocycles. The average molecular weight is 427 g/mol. The van der Waals surface area contributed by atoms with Crippen LogP contribution in [0.5, 0.6) is 5.75 Å². The zero-order valence-electron chi connectivity index (χ0n) is 17.5. The molecule has 3 aromatic rings. The quantitative estimate of drug-likeness (QED) is 0.631. The molecule has 30 heavy (non-hydrogen) atoms. The summed E-state index contributed by atoms with van der Waals surface area (Å²) in [5, 5.41) is 0.761. The van der Waals surface area contributed by atoms with Gasteiger partial charge < -0.3 is 14.4 Å². The third kappa shape index (κ3) is 4.64. The predicted molar refractivity (Wildman–Crippen MR) is 120 cm³/mol. The van der Waals surface area contributed by atoms with Gasteiger partial charge in [-0.05, 0) is 42.8 Å². The van der Waals surface area contributed by atoms with E-state index < -0.39 is 0 Å². The lowest BCUT2D eigenvalue weighted by Gasteiger charge is -2.25. The van der Waals surface area contributed by atoms with Crippen molar-refractivity contribution in [3.8, 4) is 5.75 Å². The molecule has 0 spiro atoms. The Bertz CT molecular complexity index is 997. The largest absolute Gasteiger partial charge is 0.497 e. The maximum absolute atomic E-state index is 13.4. The second-order valence-corrected chi connectivity index (χ2v) is 8.58. The number of morpholine rings is 1. The van der Waals surface area contributed by atoms with Gasteiger partial charge in [0.2, 0.25) is 0 Å². The van der Waals surface area contributed by atoms with E-state index in [0.29, 0.717) is 12.1 Å². The maximum atomic E-state index is 13.4. The Hall–Kier alpha value is -2.48. The van der Waals surface area contributed by atoms with Gasteiger partial charge in [0.05, 0.1) is 37.1 Å². The van der Waals surface area contributed by atoms with Crippen LogP contribution in [-0.2, 0) is 4.74 Å². The van der Waals surface area contributed by atoms with E-state index in [9.17, 15) is 4.79 Å². The van der Waals surface area contributed by atoms with Gasteiger partial charge in [0, 0.05) is 18.5 Å². The number of methoxy groups -OCH3 is 1. The van der Waals surface area contributed by atoms with Crippen LogP contribution in [0.4, 0.5) is 5.13 Å². The molecule has 1 aliphatic rings. The molecular weight excluding hydrogens is 398 g/mol. The summed E-state index contributed by atoms with van der Waals surface area (Å²) in [5.74, 6) is 0.718. The first-order valence-corrected chi connectivity index (χ1v) is 11.2. The molecule has 0 aliphatic carbocycles. The number of carbonyl (C=O) groups excluding carboxylic acids is 1. The zero-order chi connectivity index (χ0) is 20.9. The van der Waals surface area contributed by atoms with Gasteiger partial charge in [-0.1, -0.05) is 23.5 Å². The second-order valence-electron chi connectivity index (χ2n) is 7.57. The lowest BCUT2D eigenvalue weighted by molar-refractivity contribution is -0.908. The number of hydrogen-bond donors (Lipinski definition) is 1. The lowest BCUT2D eigenvalue weighted by Crippen LogP contribution is -3.14. The number of hydrogen-bond acceptors (Lipinski definition) is 5. The number of quaternary nitrogens is 1. The first kappa shape index (κ1) is 20.8. The minimum atomic E-state index is -0.0219. The van der Waals surface area contributed by atoms with Crippen molar-refractivity contribution >= 4 is 32.6 Å². The molecule has 1 amide bonds. The van der Waals surface area contributed by atoms with E-state index in [1.807, 2.05) is 35.2 Å². The number of nitrogens with one attached hydrogen (secondary N) is 1. The third-order valence-electron chi connectivity index (χ3n) is 5.53. The zero-order valence-corrected chi connectivity index (χ0v) is 18.3. The fourth-order valence-electron chi connectivity index (χ4n) is 3.76. The van der Waals surface area contributed by atoms with E-state index >= 15 is 0 Å². The minimum Gasteiger partial charge on any atom is -0.497 e. The Morgan fingerprint density at radius 3 is 2.67 bits per heavy atom. The molecule has 1 fully saturated rings. The summed E-state index contributed by atoms with van der Waals surface area (Å²) in [6.07, 6.45) is 0.923. The Balaban J connectivity index is 1.57. The normalized spacial score (nSPS) is 14.7. The topological polar surface area (TPSA) is 56.1 Å². The maximum Gasteiger partial charge on any atom is 0.260 e. The molecule has 1 N–H and O–H groups in total. The number of benzene rings is 2. The number of aromatic nitrogens is 1. The van der Waals surface area contributed by atoms with E-state index in [1.165, 1.54) is 0 Å². The summed E-state index contributed by atoms with van der Waals surface area (Å²) in [6.45, 7) is 7.44. The van der Waals surface area contributed by atoms with Gasteiger partial charge in [0.15, 0.2) is 5.13 Å². The molecule has 2 aromatic carbocycles. The highest BCUT2D eigenvalue weighted by Gasteiger charge is 2.23. The molecule has 7 heteroatoms. The van der Waals surface area contributed by atoms with Gasteiger partial charge in [0.25, 0.3) is 5.91 Å². The number of nitrogens with zero attached hydrogens (tertiary/aromatic N) is 2. The summed E-state index contributed by atoms with van der Waals surface area (Å²) in [6, 6.07) is 13.5. The van der Waals surface area contributed by atoms with Crippen LogP contribution in [0.15, 0.2) is 42.5 Å². The van der Waals surface area contributed by atoms with E-state index in [0.717, 1.165) is 65.9 Å². The Labute approximate surface area is 181 Å². The van der Waals surface area contributed by atoms with Crippen LogP contribution in [0.3, 0.4) is 0 Å². The minimum absolute atomic E-state index is 0.0219. The molecule has 158 valence electrons. The number of aryl methyl sites for hydroxylation is 1. The Kier molecular flexibility index (Phi) is 6.62. The van der Waals surface area contributed by atoms with Crippen molar-refractivity contribution in [1.82, 2.24) is 4.98 Å². The SMILES string of the molecule is COc1ccc(C(=O)N(CCC[NH+]2CCOCC2)c2nc3c(C)cccc3s2)cc1. The smallest absolute Gasteiger partial charge is 0.260 e. The van der Waals surface area contributed by atoms with E-state index in [2.05, 4.69) is 19.1 Å². The average Bonchev–Trinajstić information content (AvgIpc) is 3.22. The van der Waals surface area contributed by atoms with E-state index in [1.54, 1.807) is 23.3 Å². The fraction of sp³-hybridized carbons (Fsp3) is 0.391. The number of rotatable bonds is 7. The summed E-state index contributed by atoms with van der Waals surface area (Å²) >= 11 is 1.58. The molecule has 4 rings (SSSR count). The number of para-hydroxylation sites is 1. The monoisotopic (exact) mass is 426 g/mol. The Morgan fingerprint density at radius 1 is 1.20 bits per heavy atom. The molecule has 0 unspecified atom stereocenters. The summed E-state index contributed by atoms with van der Waals surface area (Å²) < 4.78 is 11.8. The molecule has 2 heterocycles. The number of fused-ring (bicyclic) bond motifs is 1. The van der Waals surface area contributed by atoms with Crippen LogP contribution in [0.2, 0.25) is 0 Å². The van der Waals surface area contributed by atoms with Gasteiger partial charge in [-0.3, -0.25) is 9.69 Å². The predicted octanol–water partition coefficient (Wildman–Crippen LogP) is 2.57. The Morgan fingerprint density at radius 2 is 1.97 bits per heavy atom. The van der Waals surface area contributed by atoms with Crippen LogP contribution in [-0.4, -0.2) is 57.4 Å². The molecule has 0 atom stereocenters. The van der Waals surface area contributed by atoms with Crippen molar-refractivity contribution in [2.75, 3.05) is 51.4 Å². The van der Waals surface area contributed by atoms with Crippen molar-refractivity contribution in [2.24, 2.45) is 0 Å². The molecule has 6 nitrogen and oxygen atoms in total. The highest BCUT2D eigenvalue weighted by molar-refractivity contribution is 7.22.